The third kappa shape index (κ3) is 1.68. The zero-order chi connectivity index (χ0) is 9.10. The second-order valence-electron chi connectivity index (χ2n) is 3.53. The van der Waals surface area contributed by atoms with Gasteiger partial charge in [-0.25, -0.2) is 0 Å². The van der Waals surface area contributed by atoms with Crippen molar-refractivity contribution in [1.29, 1.82) is 0 Å². The Morgan fingerprint density at radius 2 is 2.23 bits per heavy atom. The van der Waals surface area contributed by atoms with Crippen LogP contribution in [0.5, 0.6) is 0 Å². The summed E-state index contributed by atoms with van der Waals surface area (Å²) >= 11 is 0. The zero-order valence-corrected chi connectivity index (χ0v) is 7.66. The third-order valence-electron chi connectivity index (χ3n) is 2.65. The average Bonchev–Trinajstić information content (AvgIpc) is 2.58. The van der Waals surface area contributed by atoms with Gasteiger partial charge in [0.2, 0.25) is 0 Å². The van der Waals surface area contributed by atoms with Gasteiger partial charge in [0.1, 0.15) is 0 Å². The summed E-state index contributed by atoms with van der Waals surface area (Å²) in [6, 6.07) is 8.43. The molecular weight excluding hydrogens is 162 g/mol. The van der Waals surface area contributed by atoms with E-state index in [1.165, 1.54) is 11.3 Å². The van der Waals surface area contributed by atoms with E-state index >= 15 is 0 Å². The topological polar surface area (TPSA) is 32.3 Å². The van der Waals surface area contributed by atoms with Crippen LogP contribution in [-0.4, -0.2) is 18.3 Å². The molecule has 2 N–H and O–H groups in total. The Morgan fingerprint density at radius 3 is 3.08 bits per heavy atom. The van der Waals surface area contributed by atoms with E-state index < -0.39 is 0 Å². The molecule has 1 aromatic rings. The van der Waals surface area contributed by atoms with Gasteiger partial charge in [-0.05, 0) is 24.5 Å². The van der Waals surface area contributed by atoms with Crippen LogP contribution in [0.15, 0.2) is 24.3 Å². The summed E-state index contributed by atoms with van der Waals surface area (Å²) in [6.07, 6.45) is 1.99. The van der Waals surface area contributed by atoms with E-state index in [0.29, 0.717) is 12.5 Å². The van der Waals surface area contributed by atoms with Crippen molar-refractivity contribution in [2.45, 2.75) is 18.8 Å². The first-order chi connectivity index (χ1) is 6.42. The molecular formula is C11H15NO. The maximum atomic E-state index is 8.75. The fourth-order valence-electron chi connectivity index (χ4n) is 1.95. The van der Waals surface area contributed by atoms with Crippen LogP contribution in [-0.2, 0) is 0 Å². The molecule has 1 aliphatic heterocycles. The number of hydrogen-bond acceptors (Lipinski definition) is 2. The van der Waals surface area contributed by atoms with E-state index in [0.717, 1.165) is 19.4 Å². The van der Waals surface area contributed by atoms with Gasteiger partial charge in [-0.15, -0.1) is 0 Å². The molecule has 0 fully saturated rings. The lowest BCUT2D eigenvalue weighted by molar-refractivity contribution is 0.281. The van der Waals surface area contributed by atoms with Gasteiger partial charge >= 0.3 is 0 Å². The van der Waals surface area contributed by atoms with Gasteiger partial charge in [-0.2, -0.15) is 0 Å². The molecule has 2 rings (SSSR count). The summed E-state index contributed by atoms with van der Waals surface area (Å²) in [4.78, 5) is 0. The predicted molar refractivity (Wildman–Crippen MR) is 54.0 cm³/mol. The second-order valence-corrected chi connectivity index (χ2v) is 3.53. The molecule has 0 spiro atoms. The number of hydrogen-bond donors (Lipinski definition) is 2. The highest BCUT2D eigenvalue weighted by Crippen LogP contribution is 2.33. The van der Waals surface area contributed by atoms with Gasteiger partial charge in [0.25, 0.3) is 0 Å². The van der Waals surface area contributed by atoms with Gasteiger partial charge in [0.05, 0.1) is 0 Å². The SMILES string of the molecule is OCCCC1CNc2ccccc21. The highest BCUT2D eigenvalue weighted by Gasteiger charge is 2.20. The molecule has 1 atom stereocenters. The highest BCUT2D eigenvalue weighted by atomic mass is 16.2. The molecule has 0 saturated heterocycles. The summed E-state index contributed by atoms with van der Waals surface area (Å²) < 4.78 is 0. The van der Waals surface area contributed by atoms with Crippen LogP contribution in [0.3, 0.4) is 0 Å². The maximum Gasteiger partial charge on any atom is 0.0431 e. The normalized spacial score (nSPS) is 19.6. The van der Waals surface area contributed by atoms with Crippen molar-refractivity contribution < 1.29 is 5.11 Å². The summed E-state index contributed by atoms with van der Waals surface area (Å²) in [5.41, 5.74) is 2.68. The second kappa shape index (κ2) is 3.79. The average molecular weight is 177 g/mol. The number of fused-ring (bicyclic) bond motifs is 1. The van der Waals surface area contributed by atoms with Crippen molar-refractivity contribution in [2.75, 3.05) is 18.5 Å². The molecule has 70 valence electrons. The van der Waals surface area contributed by atoms with Gasteiger partial charge < -0.3 is 10.4 Å². The van der Waals surface area contributed by atoms with Crippen LogP contribution in [0.1, 0.15) is 24.3 Å². The lowest BCUT2D eigenvalue weighted by Crippen LogP contribution is -2.02. The van der Waals surface area contributed by atoms with Crippen molar-refractivity contribution in [3.05, 3.63) is 29.8 Å². The molecule has 1 heterocycles. The minimum absolute atomic E-state index is 0.304. The first kappa shape index (κ1) is 8.57. The first-order valence-corrected chi connectivity index (χ1v) is 4.85. The fraction of sp³-hybridized carbons (Fsp3) is 0.455. The van der Waals surface area contributed by atoms with Gasteiger partial charge in [-0.3, -0.25) is 0 Å². The molecule has 0 radical (unpaired) electrons. The Labute approximate surface area is 78.6 Å². The van der Waals surface area contributed by atoms with Gasteiger partial charge in [-0.1, -0.05) is 18.2 Å². The number of aliphatic hydroxyl groups is 1. The van der Waals surface area contributed by atoms with Gasteiger partial charge in [0.15, 0.2) is 0 Å². The quantitative estimate of drug-likeness (QED) is 0.739. The van der Waals surface area contributed by atoms with E-state index in [2.05, 4.69) is 29.6 Å². The number of anilines is 1. The molecule has 0 aromatic heterocycles. The highest BCUT2D eigenvalue weighted by molar-refractivity contribution is 5.57. The largest absolute Gasteiger partial charge is 0.396 e. The molecule has 1 aliphatic rings. The molecule has 2 heteroatoms. The molecule has 0 aliphatic carbocycles. The minimum Gasteiger partial charge on any atom is -0.396 e. The van der Waals surface area contributed by atoms with Crippen LogP contribution in [0, 0.1) is 0 Å². The van der Waals surface area contributed by atoms with Crippen LogP contribution in [0.4, 0.5) is 5.69 Å². The lowest BCUT2D eigenvalue weighted by atomic mass is 9.97. The van der Waals surface area contributed by atoms with Crippen LogP contribution >= 0.6 is 0 Å². The Morgan fingerprint density at radius 1 is 1.38 bits per heavy atom. The third-order valence-corrected chi connectivity index (χ3v) is 2.65. The van der Waals surface area contributed by atoms with E-state index in [4.69, 9.17) is 5.11 Å². The Hall–Kier alpha value is -1.02. The summed E-state index contributed by atoms with van der Waals surface area (Å²) in [5.74, 6) is 0.600. The smallest absolute Gasteiger partial charge is 0.0431 e. The number of rotatable bonds is 3. The summed E-state index contributed by atoms with van der Waals surface area (Å²) in [7, 11) is 0. The summed E-state index contributed by atoms with van der Waals surface area (Å²) in [5, 5.41) is 12.1. The maximum absolute atomic E-state index is 8.75. The van der Waals surface area contributed by atoms with E-state index in [9.17, 15) is 0 Å². The van der Waals surface area contributed by atoms with Crippen molar-refractivity contribution >= 4 is 5.69 Å². The number of para-hydroxylation sites is 1. The van der Waals surface area contributed by atoms with Crippen molar-refractivity contribution in [2.24, 2.45) is 0 Å². The Bertz CT molecular complexity index is 285. The minimum atomic E-state index is 0.304. The van der Waals surface area contributed by atoms with Crippen LogP contribution in [0.25, 0.3) is 0 Å². The van der Waals surface area contributed by atoms with Crippen LogP contribution in [0.2, 0.25) is 0 Å². The molecule has 1 unspecified atom stereocenters. The molecule has 2 nitrogen and oxygen atoms in total. The molecule has 0 amide bonds. The predicted octanol–water partition coefficient (Wildman–Crippen LogP) is 1.97. The van der Waals surface area contributed by atoms with Gasteiger partial charge in [0, 0.05) is 24.8 Å². The standard InChI is InChI=1S/C11H15NO/c13-7-3-4-9-8-12-11-6-2-1-5-10(9)11/h1-2,5-6,9,12-13H,3-4,7-8H2. The Balaban J connectivity index is 2.09. The summed E-state index contributed by atoms with van der Waals surface area (Å²) in [6.45, 7) is 1.33. The number of aliphatic hydroxyl groups excluding tert-OH is 1. The number of nitrogens with one attached hydrogen (secondary N) is 1. The fourth-order valence-corrected chi connectivity index (χ4v) is 1.95. The molecule has 0 saturated carbocycles. The molecule has 0 bridgehead atoms. The first-order valence-electron chi connectivity index (χ1n) is 4.85. The molecule has 13 heavy (non-hydrogen) atoms. The molecule has 1 aromatic carbocycles. The Kier molecular flexibility index (Phi) is 2.50. The van der Waals surface area contributed by atoms with Crippen molar-refractivity contribution in [3.63, 3.8) is 0 Å². The number of benzene rings is 1. The zero-order valence-electron chi connectivity index (χ0n) is 7.66. The van der Waals surface area contributed by atoms with E-state index in [-0.39, 0.29) is 0 Å². The van der Waals surface area contributed by atoms with Crippen molar-refractivity contribution in [1.82, 2.24) is 0 Å². The van der Waals surface area contributed by atoms with E-state index in [1.807, 2.05) is 0 Å². The lowest BCUT2D eigenvalue weighted by Gasteiger charge is -2.07. The van der Waals surface area contributed by atoms with E-state index in [1.54, 1.807) is 0 Å². The monoisotopic (exact) mass is 177 g/mol. The van der Waals surface area contributed by atoms with Crippen LogP contribution < -0.4 is 5.32 Å². The van der Waals surface area contributed by atoms with Crippen molar-refractivity contribution in [3.8, 4) is 0 Å².